The summed E-state index contributed by atoms with van der Waals surface area (Å²) in [5, 5.41) is 8.25. The number of H-pyrrole nitrogens is 1. The number of hydrogen-bond acceptors (Lipinski definition) is 2. The van der Waals surface area contributed by atoms with E-state index >= 15 is 0 Å². The van der Waals surface area contributed by atoms with Crippen LogP contribution in [0, 0.1) is 11.3 Å². The first-order chi connectivity index (χ1) is 6.45. The molecule has 0 spiro atoms. The van der Waals surface area contributed by atoms with Crippen LogP contribution < -0.4 is 5.43 Å². The molecule has 0 aliphatic heterocycles. The van der Waals surface area contributed by atoms with Crippen LogP contribution in [0.3, 0.4) is 0 Å². The van der Waals surface area contributed by atoms with Crippen molar-refractivity contribution in [1.29, 1.82) is 5.26 Å². The molecular formula is C8H5F3N2O. The van der Waals surface area contributed by atoms with Crippen molar-refractivity contribution in [3.8, 4) is 6.07 Å². The van der Waals surface area contributed by atoms with E-state index in [1.807, 2.05) is 4.98 Å². The van der Waals surface area contributed by atoms with Crippen molar-refractivity contribution in [2.75, 3.05) is 0 Å². The van der Waals surface area contributed by atoms with Crippen molar-refractivity contribution in [2.24, 2.45) is 0 Å². The van der Waals surface area contributed by atoms with Gasteiger partial charge in [0.2, 0.25) is 0 Å². The number of aromatic nitrogens is 1. The fraction of sp³-hybridized carbons (Fsp3) is 0.250. The van der Waals surface area contributed by atoms with Gasteiger partial charge in [-0.05, 0) is 0 Å². The lowest BCUT2D eigenvalue weighted by Gasteiger charge is -2.05. The Morgan fingerprint density at radius 3 is 2.57 bits per heavy atom. The molecule has 1 rings (SSSR count). The van der Waals surface area contributed by atoms with Crippen LogP contribution in [0.5, 0.6) is 0 Å². The highest BCUT2D eigenvalue weighted by molar-refractivity contribution is 5.18. The molecule has 0 saturated heterocycles. The van der Waals surface area contributed by atoms with Gasteiger partial charge in [-0.2, -0.15) is 18.4 Å². The zero-order valence-electron chi connectivity index (χ0n) is 6.85. The molecule has 1 N–H and O–H groups in total. The largest absolute Gasteiger partial charge is 0.431 e. The quantitative estimate of drug-likeness (QED) is 0.749. The zero-order chi connectivity index (χ0) is 10.8. The number of nitrogens with zero attached hydrogens (tertiary/aromatic N) is 1. The van der Waals surface area contributed by atoms with Crippen LogP contribution >= 0.6 is 0 Å². The molecule has 0 amide bonds. The second-order valence-electron chi connectivity index (χ2n) is 2.57. The van der Waals surface area contributed by atoms with Crippen molar-refractivity contribution < 1.29 is 13.2 Å². The average Bonchev–Trinajstić information content (AvgIpc) is 2.07. The number of aromatic amines is 1. The number of rotatable bonds is 1. The molecule has 0 aliphatic rings. The highest BCUT2D eigenvalue weighted by Gasteiger charge is 2.31. The molecule has 0 saturated carbocycles. The van der Waals surface area contributed by atoms with Gasteiger partial charge in [-0.15, -0.1) is 0 Å². The second-order valence-corrected chi connectivity index (χ2v) is 2.57. The van der Waals surface area contributed by atoms with E-state index in [-0.39, 0.29) is 12.0 Å². The summed E-state index contributed by atoms with van der Waals surface area (Å²) in [4.78, 5) is 12.9. The summed E-state index contributed by atoms with van der Waals surface area (Å²) < 4.78 is 36.2. The molecule has 14 heavy (non-hydrogen) atoms. The van der Waals surface area contributed by atoms with Gasteiger partial charge in [-0.25, -0.2) is 0 Å². The molecule has 0 fully saturated rings. The lowest BCUT2D eigenvalue weighted by atomic mass is 10.2. The molecule has 0 atom stereocenters. The summed E-state index contributed by atoms with van der Waals surface area (Å²) in [6, 6.07) is 2.13. The van der Waals surface area contributed by atoms with Crippen molar-refractivity contribution in [1.82, 2.24) is 4.98 Å². The van der Waals surface area contributed by atoms with Gasteiger partial charge in [0.15, 0.2) is 5.43 Å². The summed E-state index contributed by atoms with van der Waals surface area (Å²) >= 11 is 0. The molecule has 1 heterocycles. The maximum absolute atomic E-state index is 12.1. The number of hydrogen-bond donors (Lipinski definition) is 1. The Labute approximate surface area is 76.8 Å². The Hall–Kier alpha value is -1.77. The number of nitrogens with one attached hydrogen (secondary N) is 1. The van der Waals surface area contributed by atoms with E-state index in [1.165, 1.54) is 0 Å². The summed E-state index contributed by atoms with van der Waals surface area (Å²) in [7, 11) is 0. The summed E-state index contributed by atoms with van der Waals surface area (Å²) in [6.45, 7) is 0. The Bertz CT molecular complexity index is 427. The van der Waals surface area contributed by atoms with Crippen LogP contribution in [0.25, 0.3) is 0 Å². The van der Waals surface area contributed by atoms with Crippen LogP contribution in [0.15, 0.2) is 17.1 Å². The average molecular weight is 202 g/mol. The summed E-state index contributed by atoms with van der Waals surface area (Å²) in [5.74, 6) is 0. The molecule has 0 aromatic carbocycles. The summed E-state index contributed by atoms with van der Waals surface area (Å²) in [6.07, 6.45) is -3.85. The number of nitriles is 1. The number of alkyl halides is 3. The molecule has 74 valence electrons. The molecule has 0 unspecified atom stereocenters. The minimum atomic E-state index is -4.57. The number of pyridine rings is 1. The first-order valence-electron chi connectivity index (χ1n) is 3.61. The molecule has 0 bridgehead atoms. The lowest BCUT2D eigenvalue weighted by Crippen LogP contribution is -2.15. The third kappa shape index (κ3) is 2.13. The predicted octanol–water partition coefficient (Wildman–Crippen LogP) is 1.46. The third-order valence-corrected chi connectivity index (χ3v) is 1.57. The number of halogens is 3. The molecule has 1 aromatic rings. The van der Waals surface area contributed by atoms with Gasteiger partial charge in [-0.3, -0.25) is 4.79 Å². The normalized spacial score (nSPS) is 11.0. The topological polar surface area (TPSA) is 56.6 Å². The molecule has 3 nitrogen and oxygen atoms in total. The van der Waals surface area contributed by atoms with Gasteiger partial charge < -0.3 is 4.98 Å². The highest BCUT2D eigenvalue weighted by Crippen LogP contribution is 2.26. The molecular weight excluding hydrogens is 197 g/mol. The fourth-order valence-corrected chi connectivity index (χ4v) is 0.888. The third-order valence-electron chi connectivity index (χ3n) is 1.57. The van der Waals surface area contributed by atoms with Crippen LogP contribution in [0.4, 0.5) is 13.2 Å². The lowest BCUT2D eigenvalue weighted by molar-refractivity contribution is -0.141. The van der Waals surface area contributed by atoms with E-state index in [4.69, 9.17) is 5.26 Å². The van der Waals surface area contributed by atoms with E-state index in [0.29, 0.717) is 6.07 Å². The Kier molecular flexibility index (Phi) is 2.60. The Morgan fingerprint density at radius 2 is 2.14 bits per heavy atom. The van der Waals surface area contributed by atoms with Crippen molar-refractivity contribution in [2.45, 2.75) is 12.6 Å². The highest BCUT2D eigenvalue weighted by atomic mass is 19.4. The maximum atomic E-state index is 12.1. The fourth-order valence-electron chi connectivity index (χ4n) is 0.888. The minimum Gasteiger partial charge on any atom is -0.357 e. The van der Waals surface area contributed by atoms with Crippen LogP contribution in [0.2, 0.25) is 0 Å². The summed E-state index contributed by atoms with van der Waals surface area (Å²) in [5.41, 5.74) is -1.86. The van der Waals surface area contributed by atoms with Crippen molar-refractivity contribution in [3.05, 3.63) is 33.7 Å². The van der Waals surface area contributed by atoms with Gasteiger partial charge in [0.1, 0.15) is 5.69 Å². The van der Waals surface area contributed by atoms with Gasteiger partial charge in [0, 0.05) is 17.8 Å². The monoisotopic (exact) mass is 202 g/mol. The minimum absolute atomic E-state index is 0.0282. The van der Waals surface area contributed by atoms with E-state index in [9.17, 15) is 18.0 Å². The first-order valence-corrected chi connectivity index (χ1v) is 3.61. The molecule has 6 heteroatoms. The van der Waals surface area contributed by atoms with Gasteiger partial charge in [0.05, 0.1) is 12.5 Å². The molecule has 0 aliphatic carbocycles. The standard InChI is InChI=1S/C8H5F3N2O/c9-8(10,11)7-3-6(14)5(1-2-12)4-13-7/h3-4H,1H2,(H,13,14). The molecule has 0 radical (unpaired) electrons. The zero-order valence-corrected chi connectivity index (χ0v) is 6.85. The Morgan fingerprint density at radius 1 is 1.50 bits per heavy atom. The van der Waals surface area contributed by atoms with Crippen LogP contribution in [-0.2, 0) is 12.6 Å². The Balaban J connectivity index is 3.15. The van der Waals surface area contributed by atoms with E-state index in [1.54, 1.807) is 6.07 Å². The van der Waals surface area contributed by atoms with Crippen LogP contribution in [0.1, 0.15) is 11.3 Å². The first kappa shape index (κ1) is 10.3. The van der Waals surface area contributed by atoms with E-state index in [0.717, 1.165) is 6.20 Å². The van der Waals surface area contributed by atoms with Gasteiger partial charge in [0.25, 0.3) is 0 Å². The van der Waals surface area contributed by atoms with Crippen LogP contribution in [-0.4, -0.2) is 4.98 Å². The molecule has 1 aromatic heterocycles. The second kappa shape index (κ2) is 3.54. The predicted molar refractivity (Wildman–Crippen MR) is 41.4 cm³/mol. The SMILES string of the molecule is N#CCc1c[nH]c(C(F)(F)F)cc1=O. The maximum Gasteiger partial charge on any atom is 0.431 e. The van der Waals surface area contributed by atoms with Gasteiger partial charge >= 0.3 is 6.18 Å². The van der Waals surface area contributed by atoms with Crippen molar-refractivity contribution >= 4 is 0 Å². The van der Waals surface area contributed by atoms with E-state index in [2.05, 4.69) is 0 Å². The smallest absolute Gasteiger partial charge is 0.357 e. The van der Waals surface area contributed by atoms with Gasteiger partial charge in [-0.1, -0.05) is 0 Å². The van der Waals surface area contributed by atoms with Crippen molar-refractivity contribution in [3.63, 3.8) is 0 Å². The van der Waals surface area contributed by atoms with E-state index < -0.39 is 17.3 Å².